The Hall–Kier alpha value is -9.90. The molecule has 1 aliphatic carbocycles. The first-order valence-electron chi connectivity index (χ1n) is 26.3. The first kappa shape index (κ1) is 43.7. The predicted molar refractivity (Wildman–Crippen MR) is 321 cm³/mol. The van der Waals surface area contributed by atoms with Crippen LogP contribution < -0.4 is 4.90 Å². The summed E-state index contributed by atoms with van der Waals surface area (Å²) >= 11 is 0. The third-order valence-electron chi connectivity index (χ3n) is 15.8. The van der Waals surface area contributed by atoms with Gasteiger partial charge in [-0.25, -0.2) is 0 Å². The molecule has 358 valence electrons. The zero-order valence-electron chi connectivity index (χ0n) is 41.7. The van der Waals surface area contributed by atoms with Crippen molar-refractivity contribution >= 4 is 82.4 Å². The van der Waals surface area contributed by atoms with Crippen LogP contribution >= 0.6 is 0 Å². The van der Waals surface area contributed by atoms with Crippen LogP contribution in [0.1, 0.15) is 12.0 Å². The van der Waals surface area contributed by atoms with Gasteiger partial charge in [0.15, 0.2) is 0 Å². The molecule has 0 N–H and O–H groups in total. The molecule has 1 atom stereocenters. The van der Waals surface area contributed by atoms with E-state index in [-0.39, 0.29) is 6.04 Å². The fourth-order valence-electron chi connectivity index (χ4n) is 12.3. The molecule has 0 fully saturated rings. The van der Waals surface area contributed by atoms with Gasteiger partial charge >= 0.3 is 0 Å². The molecular formula is C72H50N4. The van der Waals surface area contributed by atoms with E-state index in [9.17, 15) is 0 Å². The number of allylic oxidation sites excluding steroid dienone is 2. The van der Waals surface area contributed by atoms with Crippen LogP contribution in [0.4, 0.5) is 11.4 Å². The van der Waals surface area contributed by atoms with E-state index in [0.29, 0.717) is 0 Å². The monoisotopic (exact) mass is 970 g/mol. The van der Waals surface area contributed by atoms with Crippen molar-refractivity contribution in [2.45, 2.75) is 12.5 Å². The summed E-state index contributed by atoms with van der Waals surface area (Å²) < 4.78 is 7.19. The van der Waals surface area contributed by atoms with Crippen LogP contribution in [0, 0.1) is 0 Å². The number of fused-ring (bicyclic) bond motifs is 9. The molecule has 76 heavy (non-hydrogen) atoms. The van der Waals surface area contributed by atoms with Gasteiger partial charge in [0.25, 0.3) is 0 Å². The van der Waals surface area contributed by atoms with E-state index < -0.39 is 0 Å². The molecule has 4 nitrogen and oxygen atoms in total. The molecule has 4 heteroatoms. The highest BCUT2D eigenvalue weighted by atomic mass is 15.2. The van der Waals surface area contributed by atoms with Crippen molar-refractivity contribution in [3.05, 3.63) is 291 Å². The summed E-state index contributed by atoms with van der Waals surface area (Å²) in [5.74, 6) is 0. The Kier molecular flexibility index (Phi) is 10.3. The number of hydrogen-bond acceptors (Lipinski definition) is 1. The maximum absolute atomic E-state index is 2.51. The molecule has 0 saturated heterocycles. The minimum absolute atomic E-state index is 0.0817. The summed E-state index contributed by atoms with van der Waals surface area (Å²) in [7, 11) is 0. The Balaban J connectivity index is 0.780. The zero-order chi connectivity index (χ0) is 50.1. The molecular weight excluding hydrogens is 921 g/mol. The minimum Gasteiger partial charge on any atom is -0.334 e. The van der Waals surface area contributed by atoms with Gasteiger partial charge in [0.05, 0.1) is 39.1 Å². The molecule has 1 unspecified atom stereocenters. The van der Waals surface area contributed by atoms with E-state index in [4.69, 9.17) is 0 Å². The summed E-state index contributed by atoms with van der Waals surface area (Å²) in [6.45, 7) is 0. The first-order chi connectivity index (χ1) is 37.7. The van der Waals surface area contributed by atoms with E-state index in [1.165, 1.54) is 98.8 Å². The van der Waals surface area contributed by atoms with Crippen LogP contribution in [0.2, 0.25) is 0 Å². The lowest BCUT2D eigenvalue weighted by Gasteiger charge is -2.33. The molecule has 0 spiro atoms. The Bertz CT molecular complexity index is 4260. The molecule has 0 bridgehead atoms. The number of benzene rings is 11. The first-order valence-corrected chi connectivity index (χ1v) is 26.3. The molecule has 3 heterocycles. The SMILES string of the molecule is C1=CC(N(c2ccc(-c3cccc(-n4c5ccccc5c5ccccc54)c3)cc2)c2ccc(-c3cccc(-n4c5ccccc5c5ccccc54)c3)cc2)CC=C1c1cccc(-n2c3ccccc3c3ccccc32)c1. The summed E-state index contributed by atoms with van der Waals surface area (Å²) in [6, 6.07) is 97.7. The molecule has 0 saturated carbocycles. The summed E-state index contributed by atoms with van der Waals surface area (Å²) in [5, 5.41) is 7.59. The lowest BCUT2D eigenvalue weighted by molar-refractivity contribution is 0.787. The van der Waals surface area contributed by atoms with Crippen LogP contribution in [0.15, 0.2) is 285 Å². The molecule has 11 aromatic carbocycles. The number of aromatic nitrogens is 3. The molecule has 1 aliphatic rings. The highest BCUT2D eigenvalue weighted by molar-refractivity contribution is 6.11. The lowest BCUT2D eigenvalue weighted by atomic mass is 9.95. The van der Waals surface area contributed by atoms with E-state index in [2.05, 4.69) is 304 Å². The molecule has 15 rings (SSSR count). The van der Waals surface area contributed by atoms with Crippen molar-refractivity contribution in [3.63, 3.8) is 0 Å². The van der Waals surface area contributed by atoms with Gasteiger partial charge in [-0.15, -0.1) is 0 Å². The minimum atomic E-state index is 0.0817. The predicted octanol–water partition coefficient (Wildman–Crippen LogP) is 18.9. The standard InChI is InChI=1S/C72H50N4/c1-7-28-67-61(22-1)62-23-2-8-29-68(62)74(67)58-19-13-16-52(46-58)49-34-40-55(41-35-49)73(56-42-36-50(37-43-56)53-17-14-20-59(47-53)75-69-30-9-3-24-63(69)64-25-4-10-31-70(64)75)57-44-38-51(39-45-57)54-18-15-21-60(48-54)76-71-32-11-5-26-65(71)66-27-6-12-33-72(66)76/h1-44,46-48,57H,45H2. The zero-order valence-corrected chi connectivity index (χ0v) is 41.7. The van der Waals surface area contributed by atoms with E-state index in [1.807, 2.05) is 0 Å². The number of nitrogens with zero attached hydrogens (tertiary/aromatic N) is 4. The number of hydrogen-bond donors (Lipinski definition) is 0. The Morgan fingerprint density at radius 3 is 0.934 bits per heavy atom. The normalized spacial score (nSPS) is 13.6. The van der Waals surface area contributed by atoms with Gasteiger partial charge < -0.3 is 18.6 Å². The highest BCUT2D eigenvalue weighted by Crippen LogP contribution is 2.40. The third-order valence-corrected chi connectivity index (χ3v) is 15.8. The molecule has 0 amide bonds. The van der Waals surface area contributed by atoms with Gasteiger partial charge in [0, 0.05) is 60.8 Å². The topological polar surface area (TPSA) is 18.0 Å². The van der Waals surface area contributed by atoms with Gasteiger partial charge in [0.1, 0.15) is 0 Å². The van der Waals surface area contributed by atoms with Crippen molar-refractivity contribution in [1.29, 1.82) is 0 Å². The van der Waals surface area contributed by atoms with Gasteiger partial charge in [-0.1, -0.05) is 188 Å². The van der Waals surface area contributed by atoms with Crippen molar-refractivity contribution in [3.8, 4) is 39.3 Å². The maximum atomic E-state index is 2.51. The maximum Gasteiger partial charge on any atom is 0.0560 e. The van der Waals surface area contributed by atoms with Gasteiger partial charge in [-0.05, 0) is 137 Å². The van der Waals surface area contributed by atoms with E-state index >= 15 is 0 Å². The Morgan fingerprint density at radius 2 is 0.605 bits per heavy atom. The number of para-hydroxylation sites is 6. The second-order valence-corrected chi connectivity index (χ2v) is 20.0. The van der Waals surface area contributed by atoms with Crippen molar-refractivity contribution in [2.75, 3.05) is 4.90 Å². The smallest absolute Gasteiger partial charge is 0.0560 e. The van der Waals surface area contributed by atoms with Crippen LogP contribution in [-0.4, -0.2) is 19.7 Å². The fraction of sp³-hybridized carbons (Fsp3) is 0.0278. The third kappa shape index (κ3) is 7.21. The van der Waals surface area contributed by atoms with Crippen LogP contribution in [0.5, 0.6) is 0 Å². The van der Waals surface area contributed by atoms with Crippen molar-refractivity contribution in [2.24, 2.45) is 0 Å². The summed E-state index contributed by atoms with van der Waals surface area (Å²) in [4.78, 5) is 2.51. The molecule has 0 aliphatic heterocycles. The van der Waals surface area contributed by atoms with Gasteiger partial charge in [-0.3, -0.25) is 0 Å². The van der Waals surface area contributed by atoms with E-state index in [1.54, 1.807) is 0 Å². The van der Waals surface area contributed by atoms with Gasteiger partial charge in [-0.2, -0.15) is 0 Å². The van der Waals surface area contributed by atoms with Crippen molar-refractivity contribution in [1.82, 2.24) is 13.7 Å². The molecule has 14 aromatic rings. The van der Waals surface area contributed by atoms with Crippen LogP contribution in [-0.2, 0) is 0 Å². The lowest BCUT2D eigenvalue weighted by Crippen LogP contribution is -2.30. The fourth-order valence-corrected chi connectivity index (χ4v) is 12.3. The largest absolute Gasteiger partial charge is 0.334 e. The number of rotatable bonds is 9. The number of anilines is 2. The van der Waals surface area contributed by atoms with E-state index in [0.717, 1.165) is 34.9 Å². The summed E-state index contributed by atoms with van der Waals surface area (Å²) in [5.41, 5.74) is 20.2. The average molecular weight is 971 g/mol. The second-order valence-electron chi connectivity index (χ2n) is 20.0. The van der Waals surface area contributed by atoms with Crippen molar-refractivity contribution < 1.29 is 0 Å². The van der Waals surface area contributed by atoms with Crippen LogP contribution in [0.3, 0.4) is 0 Å². The highest BCUT2D eigenvalue weighted by Gasteiger charge is 2.23. The Morgan fingerprint density at radius 1 is 0.289 bits per heavy atom. The molecule has 3 aromatic heterocycles. The molecule has 0 radical (unpaired) electrons. The van der Waals surface area contributed by atoms with Crippen LogP contribution in [0.25, 0.3) is 110 Å². The quantitative estimate of drug-likeness (QED) is 0.141. The van der Waals surface area contributed by atoms with Gasteiger partial charge in [0.2, 0.25) is 0 Å². The summed E-state index contributed by atoms with van der Waals surface area (Å²) in [6.07, 6.45) is 7.99. The Labute approximate surface area is 441 Å². The second kappa shape index (κ2) is 17.9. The average Bonchev–Trinajstić information content (AvgIpc) is 4.19.